The zero-order chi connectivity index (χ0) is 12.1. The molecule has 0 aliphatic carbocycles. The maximum absolute atomic E-state index is 13.2. The number of halogens is 1. The van der Waals surface area contributed by atoms with E-state index in [0.717, 1.165) is 12.6 Å². The highest BCUT2D eigenvalue weighted by atomic mass is 19.1. The lowest BCUT2D eigenvalue weighted by atomic mass is 10.1. The molecule has 1 rings (SSSR count). The molecule has 3 nitrogen and oxygen atoms in total. The standard InChI is InChI=1S/C12H16FNO2/c1-8(2)6-9(3)16-12(15)10-4-5-14-7-11(10)13/h4-5,7-9H,6H2,1-3H3. The second kappa shape index (κ2) is 5.58. The molecule has 0 fully saturated rings. The summed E-state index contributed by atoms with van der Waals surface area (Å²) in [7, 11) is 0. The van der Waals surface area contributed by atoms with Crippen LogP contribution in [0, 0.1) is 11.7 Å². The second-order valence-corrected chi connectivity index (χ2v) is 4.20. The molecule has 0 aromatic carbocycles. The minimum atomic E-state index is -0.649. The molecular weight excluding hydrogens is 209 g/mol. The third kappa shape index (κ3) is 3.61. The lowest BCUT2D eigenvalue weighted by Crippen LogP contribution is -2.17. The Balaban J connectivity index is 2.63. The molecule has 1 aromatic heterocycles. The number of hydrogen-bond donors (Lipinski definition) is 0. The van der Waals surface area contributed by atoms with Crippen LogP contribution in [0.25, 0.3) is 0 Å². The van der Waals surface area contributed by atoms with Crippen molar-refractivity contribution < 1.29 is 13.9 Å². The smallest absolute Gasteiger partial charge is 0.341 e. The molecule has 4 heteroatoms. The van der Waals surface area contributed by atoms with Crippen LogP contribution >= 0.6 is 0 Å². The summed E-state index contributed by atoms with van der Waals surface area (Å²) in [4.78, 5) is 15.1. The first-order valence-electron chi connectivity index (χ1n) is 5.31. The van der Waals surface area contributed by atoms with Crippen molar-refractivity contribution in [2.24, 2.45) is 5.92 Å². The molecule has 1 unspecified atom stereocenters. The van der Waals surface area contributed by atoms with E-state index in [1.165, 1.54) is 12.3 Å². The van der Waals surface area contributed by atoms with Gasteiger partial charge in [0.2, 0.25) is 0 Å². The number of ether oxygens (including phenoxy) is 1. The Morgan fingerprint density at radius 3 is 2.75 bits per heavy atom. The average Bonchev–Trinajstić information content (AvgIpc) is 2.16. The van der Waals surface area contributed by atoms with Gasteiger partial charge in [-0.2, -0.15) is 0 Å². The molecular formula is C12H16FNO2. The van der Waals surface area contributed by atoms with Gasteiger partial charge < -0.3 is 4.74 Å². The fourth-order valence-electron chi connectivity index (χ4n) is 1.50. The number of pyridine rings is 1. The Morgan fingerprint density at radius 2 is 2.19 bits per heavy atom. The number of carbonyl (C=O) groups is 1. The van der Waals surface area contributed by atoms with Gasteiger partial charge >= 0.3 is 5.97 Å². The van der Waals surface area contributed by atoms with Crippen molar-refractivity contribution in [3.63, 3.8) is 0 Å². The summed E-state index contributed by atoms with van der Waals surface area (Å²) in [6.45, 7) is 5.88. The third-order valence-electron chi connectivity index (χ3n) is 2.10. The van der Waals surface area contributed by atoms with E-state index in [0.29, 0.717) is 5.92 Å². The van der Waals surface area contributed by atoms with Gasteiger partial charge in [0.05, 0.1) is 17.9 Å². The van der Waals surface area contributed by atoms with Gasteiger partial charge in [0, 0.05) is 6.20 Å². The first-order chi connectivity index (χ1) is 7.50. The van der Waals surface area contributed by atoms with Crippen molar-refractivity contribution in [2.45, 2.75) is 33.3 Å². The van der Waals surface area contributed by atoms with Crippen LogP contribution in [0.4, 0.5) is 4.39 Å². The first-order valence-corrected chi connectivity index (χ1v) is 5.31. The lowest BCUT2D eigenvalue weighted by molar-refractivity contribution is 0.0294. The fourth-order valence-corrected chi connectivity index (χ4v) is 1.50. The quantitative estimate of drug-likeness (QED) is 0.740. The van der Waals surface area contributed by atoms with Crippen LogP contribution < -0.4 is 0 Å². The Hall–Kier alpha value is -1.45. The van der Waals surface area contributed by atoms with Gasteiger partial charge in [0.1, 0.15) is 0 Å². The summed E-state index contributed by atoms with van der Waals surface area (Å²) >= 11 is 0. The van der Waals surface area contributed by atoms with Gasteiger partial charge in [-0.1, -0.05) is 13.8 Å². The SMILES string of the molecule is CC(C)CC(C)OC(=O)c1ccncc1F. The van der Waals surface area contributed by atoms with Gasteiger partial charge in [0.25, 0.3) is 0 Å². The largest absolute Gasteiger partial charge is 0.459 e. The second-order valence-electron chi connectivity index (χ2n) is 4.20. The normalized spacial score (nSPS) is 12.6. The Kier molecular flexibility index (Phi) is 4.40. The van der Waals surface area contributed by atoms with E-state index >= 15 is 0 Å². The van der Waals surface area contributed by atoms with Crippen molar-refractivity contribution in [3.8, 4) is 0 Å². The zero-order valence-electron chi connectivity index (χ0n) is 9.74. The maximum Gasteiger partial charge on any atom is 0.341 e. The summed E-state index contributed by atoms with van der Waals surface area (Å²) in [6, 6.07) is 1.32. The molecule has 1 aromatic rings. The summed E-state index contributed by atoms with van der Waals surface area (Å²) in [5.74, 6) is -0.845. The Morgan fingerprint density at radius 1 is 1.50 bits per heavy atom. The molecule has 0 radical (unpaired) electrons. The van der Waals surface area contributed by atoms with Gasteiger partial charge in [0.15, 0.2) is 5.82 Å². The van der Waals surface area contributed by atoms with E-state index in [2.05, 4.69) is 4.98 Å². The van der Waals surface area contributed by atoms with E-state index in [1.807, 2.05) is 13.8 Å². The molecule has 0 amide bonds. The molecule has 0 aliphatic heterocycles. The van der Waals surface area contributed by atoms with Crippen LogP contribution in [0.15, 0.2) is 18.5 Å². The van der Waals surface area contributed by atoms with Crippen LogP contribution in [0.5, 0.6) is 0 Å². The highest BCUT2D eigenvalue weighted by Gasteiger charge is 2.16. The summed E-state index contributed by atoms with van der Waals surface area (Å²) in [5, 5.41) is 0. The van der Waals surface area contributed by atoms with Gasteiger partial charge in [-0.25, -0.2) is 9.18 Å². The van der Waals surface area contributed by atoms with Crippen LogP contribution in [0.3, 0.4) is 0 Å². The monoisotopic (exact) mass is 225 g/mol. The molecule has 0 saturated heterocycles. The summed E-state index contributed by atoms with van der Waals surface area (Å²) in [6.07, 6.45) is 2.93. The topological polar surface area (TPSA) is 39.2 Å². The molecule has 16 heavy (non-hydrogen) atoms. The number of carbonyl (C=O) groups excluding carboxylic acids is 1. The van der Waals surface area contributed by atoms with Gasteiger partial charge in [-0.15, -0.1) is 0 Å². The van der Waals surface area contributed by atoms with E-state index in [9.17, 15) is 9.18 Å². The number of nitrogens with zero attached hydrogens (tertiary/aromatic N) is 1. The van der Waals surface area contributed by atoms with Crippen LogP contribution in [0.2, 0.25) is 0 Å². The van der Waals surface area contributed by atoms with Crippen molar-refractivity contribution in [3.05, 3.63) is 29.8 Å². The van der Waals surface area contributed by atoms with Crippen molar-refractivity contribution in [2.75, 3.05) is 0 Å². The van der Waals surface area contributed by atoms with E-state index in [-0.39, 0.29) is 11.7 Å². The molecule has 0 spiro atoms. The van der Waals surface area contributed by atoms with Crippen molar-refractivity contribution in [1.29, 1.82) is 0 Å². The molecule has 0 N–H and O–H groups in total. The highest BCUT2D eigenvalue weighted by Crippen LogP contribution is 2.12. The van der Waals surface area contributed by atoms with Crippen molar-refractivity contribution in [1.82, 2.24) is 4.98 Å². The predicted octanol–water partition coefficient (Wildman–Crippen LogP) is 2.81. The van der Waals surface area contributed by atoms with Crippen molar-refractivity contribution >= 4 is 5.97 Å². The third-order valence-corrected chi connectivity index (χ3v) is 2.10. The summed E-state index contributed by atoms with van der Waals surface area (Å²) < 4.78 is 18.3. The minimum Gasteiger partial charge on any atom is -0.459 e. The van der Waals surface area contributed by atoms with E-state index < -0.39 is 11.8 Å². The molecule has 88 valence electrons. The average molecular weight is 225 g/mol. The van der Waals surface area contributed by atoms with Gasteiger partial charge in [-0.05, 0) is 25.3 Å². The van der Waals surface area contributed by atoms with Crippen LogP contribution in [-0.4, -0.2) is 17.1 Å². The van der Waals surface area contributed by atoms with Crippen LogP contribution in [-0.2, 0) is 4.74 Å². The Bertz CT molecular complexity index is 366. The summed E-state index contributed by atoms with van der Waals surface area (Å²) in [5.41, 5.74) is -0.0643. The maximum atomic E-state index is 13.2. The number of esters is 1. The van der Waals surface area contributed by atoms with E-state index in [4.69, 9.17) is 4.74 Å². The predicted molar refractivity (Wildman–Crippen MR) is 58.5 cm³/mol. The number of hydrogen-bond acceptors (Lipinski definition) is 3. The lowest BCUT2D eigenvalue weighted by Gasteiger charge is -2.15. The van der Waals surface area contributed by atoms with Gasteiger partial charge in [-0.3, -0.25) is 4.98 Å². The number of aromatic nitrogens is 1. The zero-order valence-corrected chi connectivity index (χ0v) is 9.74. The number of rotatable bonds is 4. The Labute approximate surface area is 94.6 Å². The highest BCUT2D eigenvalue weighted by molar-refractivity contribution is 5.89. The minimum absolute atomic E-state index is 0.0643. The molecule has 1 atom stereocenters. The molecule has 0 saturated carbocycles. The fraction of sp³-hybridized carbons (Fsp3) is 0.500. The molecule has 0 bridgehead atoms. The first kappa shape index (κ1) is 12.6. The molecule has 0 aliphatic rings. The van der Waals surface area contributed by atoms with Crippen LogP contribution in [0.1, 0.15) is 37.6 Å². The molecule has 1 heterocycles. The van der Waals surface area contributed by atoms with E-state index in [1.54, 1.807) is 6.92 Å².